The summed E-state index contributed by atoms with van der Waals surface area (Å²) < 4.78 is 10.8. The Labute approximate surface area is 152 Å². The van der Waals surface area contributed by atoms with Crippen LogP contribution >= 0.6 is 23.8 Å². The molecule has 0 amide bonds. The third-order valence-electron chi connectivity index (χ3n) is 3.69. The van der Waals surface area contributed by atoms with E-state index in [-0.39, 0.29) is 11.8 Å². The van der Waals surface area contributed by atoms with Crippen molar-refractivity contribution in [2.45, 2.75) is 26.9 Å². The molecule has 128 valence electrons. The van der Waals surface area contributed by atoms with E-state index in [1.165, 1.54) is 12.7 Å². The molecule has 0 fully saturated rings. The van der Waals surface area contributed by atoms with Crippen LogP contribution in [0.25, 0.3) is 0 Å². The van der Waals surface area contributed by atoms with E-state index in [0.717, 1.165) is 22.8 Å². The Morgan fingerprint density at radius 2 is 2.04 bits per heavy atom. The van der Waals surface area contributed by atoms with Gasteiger partial charge in [0.05, 0.1) is 12.8 Å². The topological polar surface area (TPSA) is 41.9 Å². The molecule has 1 N–H and O–H groups in total. The predicted octanol–water partition coefficient (Wildman–Crippen LogP) is 4.92. The average Bonchev–Trinajstić information content (AvgIpc) is 2.59. The predicted molar refractivity (Wildman–Crippen MR) is 100 cm³/mol. The van der Waals surface area contributed by atoms with Crippen LogP contribution < -0.4 is 9.80 Å². The van der Waals surface area contributed by atoms with Crippen molar-refractivity contribution in [1.82, 2.24) is 0 Å². The number of ether oxygens (including phenoxy) is 2. The molecular formula is C18H20ClNO3S. The van der Waals surface area contributed by atoms with Crippen LogP contribution in [0.1, 0.15) is 23.6 Å². The van der Waals surface area contributed by atoms with Crippen LogP contribution in [0.5, 0.6) is 5.75 Å². The molecule has 2 rings (SSSR count). The number of hydrogen-bond donors (Lipinski definition) is 1. The van der Waals surface area contributed by atoms with Crippen molar-refractivity contribution in [2.24, 2.45) is 0 Å². The first-order chi connectivity index (χ1) is 11.5. The van der Waals surface area contributed by atoms with Crippen molar-refractivity contribution < 1.29 is 14.7 Å². The summed E-state index contributed by atoms with van der Waals surface area (Å²) in [6.45, 7) is 4.31. The molecule has 24 heavy (non-hydrogen) atoms. The Morgan fingerprint density at radius 3 is 2.67 bits per heavy atom. The van der Waals surface area contributed by atoms with E-state index >= 15 is 0 Å². The summed E-state index contributed by atoms with van der Waals surface area (Å²) in [5, 5.41) is 11.4. The third-order valence-corrected chi connectivity index (χ3v) is 4.38. The fourth-order valence-electron chi connectivity index (χ4n) is 2.32. The lowest BCUT2D eigenvalue weighted by Gasteiger charge is -2.20. The summed E-state index contributed by atoms with van der Waals surface area (Å²) in [6, 6.07) is 11.2. The second-order valence-corrected chi connectivity index (χ2v) is 6.02. The van der Waals surface area contributed by atoms with Crippen molar-refractivity contribution >= 4 is 34.7 Å². The van der Waals surface area contributed by atoms with Gasteiger partial charge in [0.25, 0.3) is 5.17 Å². The number of rotatable bonds is 5. The molecule has 0 aliphatic rings. The molecule has 2 aromatic carbocycles. The number of aryl methyl sites for hydroxylation is 2. The van der Waals surface area contributed by atoms with Gasteiger partial charge in [-0.15, -0.1) is 0 Å². The highest BCUT2D eigenvalue weighted by Crippen LogP contribution is 2.29. The van der Waals surface area contributed by atoms with E-state index in [4.69, 9.17) is 33.3 Å². The van der Waals surface area contributed by atoms with E-state index in [0.29, 0.717) is 16.3 Å². The zero-order valence-corrected chi connectivity index (χ0v) is 15.4. The van der Waals surface area contributed by atoms with Crippen LogP contribution in [0, 0.1) is 6.92 Å². The Morgan fingerprint density at radius 1 is 1.29 bits per heavy atom. The number of anilines is 1. The summed E-state index contributed by atoms with van der Waals surface area (Å²) in [5.74, 6) is 0.775. The molecule has 0 atom stereocenters. The summed E-state index contributed by atoms with van der Waals surface area (Å²) >= 11 is 11.2. The molecule has 6 heteroatoms. The molecule has 0 spiro atoms. The molecular weight excluding hydrogens is 346 g/mol. The maximum Gasteiger partial charge on any atom is 0.288 e. The molecule has 0 saturated carbocycles. The highest BCUT2D eigenvalue weighted by Gasteiger charge is 2.17. The molecule has 0 aromatic heterocycles. The van der Waals surface area contributed by atoms with Crippen molar-refractivity contribution in [2.75, 3.05) is 12.2 Å². The minimum Gasteiger partial charge on any atom is -0.488 e. The van der Waals surface area contributed by atoms with Crippen LogP contribution in [0.3, 0.4) is 0 Å². The van der Waals surface area contributed by atoms with Gasteiger partial charge in [-0.3, -0.25) is 5.21 Å². The molecule has 0 unspecified atom stereocenters. The summed E-state index contributed by atoms with van der Waals surface area (Å²) in [7, 11) is 1.39. The van der Waals surface area contributed by atoms with Gasteiger partial charge in [0.15, 0.2) is 0 Å². The van der Waals surface area contributed by atoms with Gasteiger partial charge in [-0.25, -0.2) is 0 Å². The van der Waals surface area contributed by atoms with E-state index in [1.807, 2.05) is 19.1 Å². The van der Waals surface area contributed by atoms with Gasteiger partial charge < -0.3 is 9.47 Å². The first-order valence-corrected chi connectivity index (χ1v) is 8.33. The van der Waals surface area contributed by atoms with Crippen molar-refractivity contribution in [3.8, 4) is 5.75 Å². The maximum absolute atomic E-state index is 10.2. The minimum absolute atomic E-state index is 0.0676. The normalized spacial score (nSPS) is 10.4. The molecule has 0 heterocycles. The molecule has 0 saturated heterocycles. The molecule has 0 radical (unpaired) electrons. The van der Waals surface area contributed by atoms with Gasteiger partial charge in [0.2, 0.25) is 0 Å². The highest BCUT2D eigenvalue weighted by atomic mass is 35.5. The lowest BCUT2D eigenvalue weighted by molar-refractivity contribution is 0.264. The number of hydroxylamine groups is 1. The molecule has 2 aromatic rings. The number of hydrogen-bond acceptors (Lipinski definition) is 4. The Hall–Kier alpha value is -1.82. The van der Waals surface area contributed by atoms with Crippen LogP contribution in [0.2, 0.25) is 5.02 Å². The lowest BCUT2D eigenvalue weighted by Crippen LogP contribution is -2.27. The van der Waals surface area contributed by atoms with Gasteiger partial charge in [0, 0.05) is 10.6 Å². The monoisotopic (exact) mass is 365 g/mol. The van der Waals surface area contributed by atoms with Gasteiger partial charge in [-0.2, -0.15) is 5.06 Å². The Bertz CT molecular complexity index is 736. The molecule has 0 aliphatic heterocycles. The minimum atomic E-state index is -0.0676. The SMILES string of the molecule is CCc1ccc(OCc2c(Cl)cccc2N(O)C(=S)OC)c(C)c1. The van der Waals surface area contributed by atoms with E-state index in [2.05, 4.69) is 13.0 Å². The molecule has 0 bridgehead atoms. The fourth-order valence-corrected chi connectivity index (χ4v) is 2.64. The van der Waals surface area contributed by atoms with E-state index < -0.39 is 0 Å². The quantitative estimate of drug-likeness (QED) is 0.602. The number of methoxy groups -OCH3 is 1. The van der Waals surface area contributed by atoms with Gasteiger partial charge in [-0.1, -0.05) is 36.7 Å². The zero-order valence-electron chi connectivity index (χ0n) is 13.9. The maximum atomic E-state index is 10.2. The van der Waals surface area contributed by atoms with Crippen LogP contribution in [0.15, 0.2) is 36.4 Å². The van der Waals surface area contributed by atoms with E-state index in [1.54, 1.807) is 18.2 Å². The van der Waals surface area contributed by atoms with Crippen molar-refractivity contribution in [3.05, 3.63) is 58.1 Å². The largest absolute Gasteiger partial charge is 0.488 e. The standard InChI is InChI=1S/C18H20ClNO3S/c1-4-13-8-9-17(12(2)10-13)23-11-14-15(19)6-5-7-16(14)20(21)18(24)22-3/h5-10,21H,4,11H2,1-3H3. The second-order valence-electron chi connectivity index (χ2n) is 5.26. The summed E-state index contributed by atoms with van der Waals surface area (Å²) in [6.07, 6.45) is 0.976. The molecule has 4 nitrogen and oxygen atoms in total. The van der Waals surface area contributed by atoms with Crippen LogP contribution in [-0.2, 0) is 17.8 Å². The van der Waals surface area contributed by atoms with Crippen molar-refractivity contribution in [1.29, 1.82) is 0 Å². The highest BCUT2D eigenvalue weighted by molar-refractivity contribution is 7.80. The van der Waals surface area contributed by atoms with Gasteiger partial charge in [-0.05, 0) is 54.9 Å². The first-order valence-electron chi connectivity index (χ1n) is 7.54. The molecule has 0 aliphatic carbocycles. The Kier molecular flexibility index (Phi) is 6.43. The van der Waals surface area contributed by atoms with Crippen LogP contribution in [-0.4, -0.2) is 17.5 Å². The van der Waals surface area contributed by atoms with Crippen molar-refractivity contribution in [3.63, 3.8) is 0 Å². The number of benzene rings is 2. The smallest absolute Gasteiger partial charge is 0.288 e. The van der Waals surface area contributed by atoms with Gasteiger partial charge in [0.1, 0.15) is 12.4 Å². The van der Waals surface area contributed by atoms with E-state index in [9.17, 15) is 5.21 Å². The Balaban J connectivity index is 2.25. The third kappa shape index (κ3) is 4.17. The van der Waals surface area contributed by atoms with Gasteiger partial charge >= 0.3 is 0 Å². The summed E-state index contributed by atoms with van der Waals surface area (Å²) in [4.78, 5) is 0. The second kappa shape index (κ2) is 8.33. The fraction of sp³-hybridized carbons (Fsp3) is 0.278. The summed E-state index contributed by atoms with van der Waals surface area (Å²) in [5.41, 5.74) is 3.36. The van der Waals surface area contributed by atoms with Crippen LogP contribution in [0.4, 0.5) is 5.69 Å². The average molecular weight is 366 g/mol. The first kappa shape index (κ1) is 18.5. The number of halogens is 1. The zero-order chi connectivity index (χ0) is 17.7. The number of thiocarbonyl (C=S) groups is 1. The lowest BCUT2D eigenvalue weighted by atomic mass is 10.1. The number of nitrogens with zero attached hydrogens (tertiary/aromatic N) is 1.